The molecule has 2 N–H and O–H groups in total. The van der Waals surface area contributed by atoms with Crippen molar-refractivity contribution in [1.29, 1.82) is 5.26 Å². The monoisotopic (exact) mass is 305 g/mol. The van der Waals surface area contributed by atoms with E-state index in [-0.39, 0.29) is 0 Å². The first kappa shape index (κ1) is 12.0. The van der Waals surface area contributed by atoms with Crippen molar-refractivity contribution in [1.82, 2.24) is 5.32 Å². The van der Waals surface area contributed by atoms with Crippen LogP contribution < -0.4 is 10.6 Å². The molecule has 2 atom stereocenters. The highest BCUT2D eigenvalue weighted by atomic mass is 79.9. The number of hydrogen-bond donors (Lipinski definition) is 2. The molecule has 2 aliphatic rings. The Balaban J connectivity index is 1.76. The van der Waals surface area contributed by atoms with E-state index in [2.05, 4.69) is 32.6 Å². The summed E-state index contributed by atoms with van der Waals surface area (Å²) in [5.41, 5.74) is 1.68. The van der Waals surface area contributed by atoms with Crippen molar-refractivity contribution in [2.75, 3.05) is 5.32 Å². The molecule has 2 bridgehead atoms. The van der Waals surface area contributed by atoms with Crippen LogP contribution in [0.5, 0.6) is 0 Å². The zero-order valence-electron chi connectivity index (χ0n) is 10.1. The lowest BCUT2D eigenvalue weighted by atomic mass is 9.99. The summed E-state index contributed by atoms with van der Waals surface area (Å²) in [5, 5.41) is 16.3. The van der Waals surface area contributed by atoms with Gasteiger partial charge in [-0.25, -0.2) is 0 Å². The number of nitrogens with one attached hydrogen (secondary N) is 2. The molecule has 1 aromatic rings. The molecule has 1 aromatic carbocycles. The Morgan fingerprint density at radius 1 is 1.28 bits per heavy atom. The van der Waals surface area contributed by atoms with E-state index in [1.165, 1.54) is 12.8 Å². The average molecular weight is 306 g/mol. The van der Waals surface area contributed by atoms with E-state index in [1.807, 2.05) is 18.2 Å². The molecule has 94 valence electrons. The maximum atomic E-state index is 9.14. The molecule has 0 radical (unpaired) electrons. The summed E-state index contributed by atoms with van der Waals surface area (Å²) in [4.78, 5) is 0. The Bertz CT molecular complexity index is 482. The van der Waals surface area contributed by atoms with Crippen LogP contribution in [0.25, 0.3) is 0 Å². The van der Waals surface area contributed by atoms with Crippen molar-refractivity contribution in [3.05, 3.63) is 28.2 Å². The molecule has 0 aliphatic carbocycles. The van der Waals surface area contributed by atoms with Crippen molar-refractivity contribution in [2.45, 2.75) is 43.8 Å². The summed E-state index contributed by atoms with van der Waals surface area (Å²) in [7, 11) is 0. The lowest BCUT2D eigenvalue weighted by Crippen LogP contribution is -2.43. The predicted octanol–water partition coefficient (Wildman–Crippen LogP) is 3.02. The Morgan fingerprint density at radius 2 is 2.00 bits per heavy atom. The molecular formula is C14H16BrN3. The van der Waals surface area contributed by atoms with Gasteiger partial charge in [-0.05, 0) is 43.9 Å². The van der Waals surface area contributed by atoms with Gasteiger partial charge in [-0.3, -0.25) is 0 Å². The van der Waals surface area contributed by atoms with Crippen LogP contribution in [0.2, 0.25) is 0 Å². The Hall–Kier alpha value is -1.05. The molecule has 2 unspecified atom stereocenters. The van der Waals surface area contributed by atoms with E-state index in [0.717, 1.165) is 28.6 Å². The van der Waals surface area contributed by atoms with Crippen LogP contribution in [-0.2, 0) is 0 Å². The Kier molecular flexibility index (Phi) is 3.27. The first-order valence-corrected chi connectivity index (χ1v) is 7.26. The smallest absolute Gasteiger partial charge is 0.101 e. The van der Waals surface area contributed by atoms with E-state index in [0.29, 0.717) is 18.1 Å². The topological polar surface area (TPSA) is 47.9 Å². The molecule has 2 fully saturated rings. The summed E-state index contributed by atoms with van der Waals surface area (Å²) in [6.07, 6.45) is 4.92. The molecule has 2 saturated heterocycles. The van der Waals surface area contributed by atoms with E-state index < -0.39 is 0 Å². The summed E-state index contributed by atoms with van der Waals surface area (Å²) in [5.74, 6) is 0. The van der Waals surface area contributed by atoms with Crippen molar-refractivity contribution >= 4 is 21.6 Å². The van der Waals surface area contributed by atoms with Crippen LogP contribution in [0, 0.1) is 11.3 Å². The second kappa shape index (κ2) is 4.91. The highest BCUT2D eigenvalue weighted by Crippen LogP contribution is 2.30. The largest absolute Gasteiger partial charge is 0.381 e. The van der Waals surface area contributed by atoms with Gasteiger partial charge in [0.25, 0.3) is 0 Å². The zero-order valence-corrected chi connectivity index (χ0v) is 11.7. The molecule has 3 rings (SSSR count). The Morgan fingerprint density at radius 3 is 2.67 bits per heavy atom. The fraction of sp³-hybridized carbons (Fsp3) is 0.500. The van der Waals surface area contributed by atoms with Crippen LogP contribution >= 0.6 is 15.9 Å². The third-order valence-corrected chi connectivity index (χ3v) is 4.43. The lowest BCUT2D eigenvalue weighted by molar-refractivity contribution is 0.378. The first-order chi connectivity index (χ1) is 8.74. The second-order valence-electron chi connectivity index (χ2n) is 5.25. The maximum absolute atomic E-state index is 9.14. The van der Waals surface area contributed by atoms with Crippen LogP contribution in [0.3, 0.4) is 0 Å². The van der Waals surface area contributed by atoms with Gasteiger partial charge in [0.2, 0.25) is 0 Å². The van der Waals surface area contributed by atoms with Crippen molar-refractivity contribution in [3.63, 3.8) is 0 Å². The molecular weight excluding hydrogens is 290 g/mol. The normalized spacial score (nSPS) is 29.9. The highest BCUT2D eigenvalue weighted by molar-refractivity contribution is 9.10. The number of nitriles is 1. The first-order valence-electron chi connectivity index (χ1n) is 6.47. The quantitative estimate of drug-likeness (QED) is 0.883. The van der Waals surface area contributed by atoms with Crippen LogP contribution in [0.1, 0.15) is 31.2 Å². The molecule has 4 heteroatoms. The standard InChI is InChI=1S/C14H16BrN3/c15-10-2-1-9(8-16)14(5-10)18-13-6-11-3-4-12(7-13)17-11/h1-2,5,11-13,17-18H,3-4,6-7H2. The second-order valence-corrected chi connectivity index (χ2v) is 6.17. The van der Waals surface area contributed by atoms with Crippen molar-refractivity contribution in [3.8, 4) is 6.07 Å². The summed E-state index contributed by atoms with van der Waals surface area (Å²) in [6, 6.07) is 9.85. The number of benzene rings is 1. The fourth-order valence-corrected chi connectivity index (χ4v) is 3.49. The zero-order chi connectivity index (χ0) is 12.5. The van der Waals surface area contributed by atoms with Gasteiger partial charge in [-0.15, -0.1) is 0 Å². The number of anilines is 1. The fourth-order valence-electron chi connectivity index (χ4n) is 3.13. The number of fused-ring (bicyclic) bond motifs is 2. The molecule has 0 aromatic heterocycles. The van der Waals surface area contributed by atoms with Crippen molar-refractivity contribution in [2.24, 2.45) is 0 Å². The van der Waals surface area contributed by atoms with Gasteiger partial charge in [0.05, 0.1) is 11.3 Å². The number of rotatable bonds is 2. The van der Waals surface area contributed by atoms with Gasteiger partial charge in [0.1, 0.15) is 6.07 Å². The third-order valence-electron chi connectivity index (χ3n) is 3.93. The Labute approximate surface area is 116 Å². The summed E-state index contributed by atoms with van der Waals surface area (Å²) >= 11 is 3.46. The number of hydrogen-bond acceptors (Lipinski definition) is 3. The van der Waals surface area contributed by atoms with E-state index in [4.69, 9.17) is 5.26 Å². The van der Waals surface area contributed by atoms with Gasteiger partial charge < -0.3 is 10.6 Å². The van der Waals surface area contributed by atoms with Crippen LogP contribution in [0.15, 0.2) is 22.7 Å². The van der Waals surface area contributed by atoms with Crippen LogP contribution in [-0.4, -0.2) is 18.1 Å². The van der Waals surface area contributed by atoms with E-state index >= 15 is 0 Å². The van der Waals surface area contributed by atoms with E-state index in [1.54, 1.807) is 0 Å². The maximum Gasteiger partial charge on any atom is 0.101 e. The molecule has 2 aliphatic heterocycles. The third kappa shape index (κ3) is 2.38. The molecule has 2 heterocycles. The van der Waals surface area contributed by atoms with Crippen LogP contribution in [0.4, 0.5) is 5.69 Å². The van der Waals surface area contributed by atoms with Gasteiger partial charge in [0, 0.05) is 22.6 Å². The predicted molar refractivity (Wildman–Crippen MR) is 75.4 cm³/mol. The minimum Gasteiger partial charge on any atom is -0.381 e. The highest BCUT2D eigenvalue weighted by Gasteiger charge is 2.33. The summed E-state index contributed by atoms with van der Waals surface area (Å²) in [6.45, 7) is 0. The van der Waals surface area contributed by atoms with Gasteiger partial charge in [-0.2, -0.15) is 5.26 Å². The number of halogens is 1. The molecule has 0 spiro atoms. The van der Waals surface area contributed by atoms with Gasteiger partial charge >= 0.3 is 0 Å². The van der Waals surface area contributed by atoms with Crippen molar-refractivity contribution < 1.29 is 0 Å². The SMILES string of the molecule is N#Cc1ccc(Br)cc1NC1CC2CCC(C1)N2. The van der Waals surface area contributed by atoms with Gasteiger partial charge in [0.15, 0.2) is 0 Å². The molecule has 3 nitrogen and oxygen atoms in total. The molecule has 18 heavy (non-hydrogen) atoms. The van der Waals surface area contributed by atoms with E-state index in [9.17, 15) is 0 Å². The lowest BCUT2D eigenvalue weighted by Gasteiger charge is -2.30. The summed E-state index contributed by atoms with van der Waals surface area (Å²) < 4.78 is 1.01. The average Bonchev–Trinajstić information content (AvgIpc) is 2.69. The van der Waals surface area contributed by atoms with Gasteiger partial charge in [-0.1, -0.05) is 15.9 Å². The molecule has 0 saturated carbocycles. The number of piperidine rings is 1. The number of nitrogens with zero attached hydrogens (tertiary/aromatic N) is 1. The minimum atomic E-state index is 0.491. The minimum absolute atomic E-state index is 0.491. The molecule has 0 amide bonds.